The van der Waals surface area contributed by atoms with E-state index < -0.39 is 53.0 Å². The highest BCUT2D eigenvalue weighted by atomic mass is 19.1. The van der Waals surface area contributed by atoms with Gasteiger partial charge in [-0.2, -0.15) is 10.2 Å². The van der Waals surface area contributed by atoms with E-state index in [4.69, 9.17) is 29.2 Å². The van der Waals surface area contributed by atoms with E-state index in [9.17, 15) is 42.9 Å². The van der Waals surface area contributed by atoms with Crippen molar-refractivity contribution in [1.82, 2.24) is 73.9 Å². The molecule has 18 rings (SSSR count). The third kappa shape index (κ3) is 26.5. The first-order valence-corrected chi connectivity index (χ1v) is 53.1. The summed E-state index contributed by atoms with van der Waals surface area (Å²) < 4.78 is 66.0. The van der Waals surface area contributed by atoms with Gasteiger partial charge >= 0.3 is 17.9 Å². The van der Waals surface area contributed by atoms with E-state index in [0.29, 0.717) is 59.2 Å². The highest BCUT2D eigenvalue weighted by Crippen LogP contribution is 2.52. The van der Waals surface area contributed by atoms with Crippen molar-refractivity contribution in [2.45, 2.75) is 318 Å². The van der Waals surface area contributed by atoms with Crippen molar-refractivity contribution < 1.29 is 57.1 Å². The van der Waals surface area contributed by atoms with Gasteiger partial charge in [-0.3, -0.25) is 29.7 Å². The van der Waals surface area contributed by atoms with Crippen molar-refractivity contribution in [1.29, 1.82) is 0 Å². The first-order valence-electron chi connectivity index (χ1n) is 53.1. The number of carboxylic acids is 3. The number of hydrogen-bond donors (Lipinski definition) is 3. The first-order chi connectivity index (χ1) is 70.7. The molecular formula is C120H153F3N18O9. The van der Waals surface area contributed by atoms with Crippen LogP contribution in [0, 0.1) is 96.0 Å². The molecule has 6 aliphatic rings. The summed E-state index contributed by atoms with van der Waals surface area (Å²) >= 11 is 0. The molecule has 0 radical (unpaired) electrons. The molecule has 30 heteroatoms. The van der Waals surface area contributed by atoms with Crippen LogP contribution < -0.4 is 14.7 Å². The molecule has 0 saturated carbocycles. The fourth-order valence-electron chi connectivity index (χ4n) is 22.0. The third-order valence-electron chi connectivity index (χ3n) is 30.6. The summed E-state index contributed by atoms with van der Waals surface area (Å²) in [6, 6.07) is 35.1. The molecule has 0 amide bonds. The number of pyridine rings is 3. The SMILES string of the molecule is Cc1cc(F)ccc1CN1CCc2cc(-c3c(Cn4cnnc4C)nc(C)c([C@H](OC(C)(C)C)C(=O)O)c3N3CCC(C)(C)CC3)ccc2C1.Cc1cc(F)ccc1CN1CCc2cc(-c3c(Cn4ncnc4C)nc(C)c([C@H](OC(C)(C)C)C(=O)O)c3N3CCC(C)(C)CC3)ccc2C1.Cc1ncn(Cc2nc(C)c([C@H](OC(C)(C)C)C(=O)O)c(N3CCC(C)(C)CC3)c2-c2ccc3c(c2)CCN(Cc2ccc(F)cc2C)C3)n1. The summed E-state index contributed by atoms with van der Waals surface area (Å²) in [7, 11) is 0. The van der Waals surface area contributed by atoms with Gasteiger partial charge in [0.15, 0.2) is 18.3 Å². The molecule has 3 N–H and O–H groups in total. The van der Waals surface area contributed by atoms with Crippen LogP contribution in [0.25, 0.3) is 33.4 Å². The Bertz CT molecular complexity index is 6680. The largest absolute Gasteiger partial charge is 0.479 e. The van der Waals surface area contributed by atoms with E-state index in [2.05, 4.69) is 156 Å². The van der Waals surface area contributed by atoms with E-state index in [1.165, 1.54) is 51.6 Å². The Labute approximate surface area is 882 Å². The Morgan fingerprint density at radius 1 is 0.387 bits per heavy atom. The number of aromatic nitrogens is 12. The number of aryl methyl sites for hydroxylation is 9. The zero-order valence-electron chi connectivity index (χ0n) is 92.4. The minimum absolute atomic E-state index is 0.192. The second-order valence-corrected chi connectivity index (χ2v) is 47.6. The number of benzene rings is 6. The van der Waals surface area contributed by atoms with Crippen LogP contribution in [0.4, 0.5) is 30.2 Å². The summed E-state index contributed by atoms with van der Waals surface area (Å²) in [4.78, 5) is 77.8. The molecule has 3 fully saturated rings. The van der Waals surface area contributed by atoms with E-state index in [0.717, 1.165) is 269 Å². The Morgan fingerprint density at radius 3 is 0.993 bits per heavy atom. The van der Waals surface area contributed by atoms with Gasteiger partial charge in [0.05, 0.1) is 70.6 Å². The first kappa shape index (κ1) is 110. The molecule has 12 aromatic rings. The molecule has 0 spiro atoms. The fourth-order valence-corrected chi connectivity index (χ4v) is 22.0. The topological polar surface area (TPSA) is 290 Å². The van der Waals surface area contributed by atoms with Crippen LogP contribution >= 0.6 is 0 Å². The number of rotatable bonds is 27. The smallest absolute Gasteiger partial charge is 0.337 e. The number of fused-ring (bicyclic) bond motifs is 3. The zero-order chi connectivity index (χ0) is 108. The van der Waals surface area contributed by atoms with Gasteiger partial charge in [0.1, 0.15) is 53.9 Å². The highest BCUT2D eigenvalue weighted by Gasteiger charge is 2.44. The molecule has 0 bridgehead atoms. The number of halogens is 3. The number of carbonyl (C=O) groups is 3. The predicted octanol–water partition coefficient (Wildman–Crippen LogP) is 22.7. The highest BCUT2D eigenvalue weighted by molar-refractivity contribution is 5.92. The van der Waals surface area contributed by atoms with Gasteiger partial charge in [-0.1, -0.05) is 114 Å². The maximum absolute atomic E-state index is 13.8. The van der Waals surface area contributed by atoms with Gasteiger partial charge in [0, 0.05) is 149 Å². The van der Waals surface area contributed by atoms with Gasteiger partial charge in [0.25, 0.3) is 0 Å². The molecule has 3 saturated heterocycles. The molecule has 150 heavy (non-hydrogen) atoms. The summed E-state index contributed by atoms with van der Waals surface area (Å²) in [5, 5.41) is 49.6. The van der Waals surface area contributed by atoms with Crippen molar-refractivity contribution in [2.75, 3.05) is 73.6 Å². The molecule has 0 aliphatic carbocycles. The molecule has 12 heterocycles. The number of nitrogens with zero attached hydrogens (tertiary/aromatic N) is 18. The molecule has 0 unspecified atom stereocenters. The van der Waals surface area contributed by atoms with E-state index in [-0.39, 0.29) is 33.7 Å². The van der Waals surface area contributed by atoms with Crippen LogP contribution in [0.3, 0.4) is 0 Å². The summed E-state index contributed by atoms with van der Waals surface area (Å²) in [5.74, 6) is -1.47. The average molecular weight is 2050 g/mol. The second-order valence-electron chi connectivity index (χ2n) is 47.6. The average Bonchev–Trinajstić information content (AvgIpc) is 0.857. The van der Waals surface area contributed by atoms with Crippen molar-refractivity contribution in [3.8, 4) is 33.4 Å². The molecule has 27 nitrogen and oxygen atoms in total. The minimum Gasteiger partial charge on any atom is -0.479 e. The van der Waals surface area contributed by atoms with Gasteiger partial charge in [0.2, 0.25) is 0 Å². The summed E-state index contributed by atoms with van der Waals surface area (Å²) in [5.41, 5.74) is 27.1. The van der Waals surface area contributed by atoms with Crippen molar-refractivity contribution in [3.05, 3.63) is 281 Å². The van der Waals surface area contributed by atoms with Crippen molar-refractivity contribution in [2.24, 2.45) is 16.2 Å². The fraction of sp³-hybridized carbons (Fsp3) is 0.500. The lowest BCUT2D eigenvalue weighted by atomic mass is 9.81. The number of aliphatic carboxylic acids is 3. The third-order valence-corrected chi connectivity index (χ3v) is 30.6. The predicted molar refractivity (Wildman–Crippen MR) is 581 cm³/mol. The van der Waals surface area contributed by atoms with Gasteiger partial charge < -0.3 is 48.8 Å². The normalized spacial score (nSPS) is 17.1. The minimum atomic E-state index is -1.20. The zero-order valence-corrected chi connectivity index (χ0v) is 92.4. The van der Waals surface area contributed by atoms with Crippen LogP contribution in [-0.4, -0.2) is 183 Å². The summed E-state index contributed by atoms with van der Waals surface area (Å²) in [6.45, 7) is 61.5. The van der Waals surface area contributed by atoms with Gasteiger partial charge in [-0.25, -0.2) is 46.9 Å². The summed E-state index contributed by atoms with van der Waals surface area (Å²) in [6.07, 6.45) is 9.90. The van der Waals surface area contributed by atoms with Crippen LogP contribution in [0.5, 0.6) is 0 Å². The molecule has 6 aromatic heterocycles. The molecule has 6 aromatic carbocycles. The van der Waals surface area contributed by atoms with E-state index in [1.54, 1.807) is 41.9 Å². The molecule has 798 valence electrons. The van der Waals surface area contributed by atoms with Crippen molar-refractivity contribution in [3.63, 3.8) is 0 Å². The number of anilines is 3. The molecule has 6 aliphatic heterocycles. The van der Waals surface area contributed by atoms with Crippen LogP contribution in [0.2, 0.25) is 0 Å². The monoisotopic (exact) mass is 2050 g/mol. The van der Waals surface area contributed by atoms with E-state index >= 15 is 0 Å². The maximum Gasteiger partial charge on any atom is 0.337 e. The molecule has 3 atom stereocenters. The lowest BCUT2D eigenvalue weighted by molar-refractivity contribution is -0.161. The Kier molecular flexibility index (Phi) is 32.9. The van der Waals surface area contributed by atoms with Crippen LogP contribution in [-0.2, 0) is 107 Å². The number of piperidine rings is 3. The van der Waals surface area contributed by atoms with Gasteiger partial charge in [-0.05, 0) is 319 Å². The quantitative estimate of drug-likeness (QED) is 0.0431. The maximum atomic E-state index is 13.8. The number of carboxylic acid groups (broad SMARTS) is 3. The van der Waals surface area contributed by atoms with E-state index in [1.807, 2.05) is 152 Å². The Hall–Kier alpha value is -12.5. The molecular weight excluding hydrogens is 1890 g/mol. The van der Waals surface area contributed by atoms with Crippen molar-refractivity contribution >= 4 is 35.0 Å². The van der Waals surface area contributed by atoms with Crippen LogP contribution in [0.1, 0.15) is 296 Å². The Morgan fingerprint density at radius 2 is 0.713 bits per heavy atom. The lowest BCUT2D eigenvalue weighted by Crippen LogP contribution is -2.39. The second kappa shape index (κ2) is 44.8. The van der Waals surface area contributed by atoms with Crippen LogP contribution in [0.15, 0.2) is 128 Å². The standard InChI is InChI=1S/3C40H51FN6O3/c1-25-19-32(41)12-11-30(25)21-45-16-13-28-20-29(9-10-31(28)22-45)35-33(23-47-24-42-44-27(47)3)43-26(2)34(37(38(48)49)50-39(4,5)6)36(35)46-17-14-40(7,8)15-18-46;1-25-19-32(41)12-11-30(25)21-45-16-13-28-20-29(9-10-31(28)22-45)35-33(23-47-24-42-27(3)44-47)43-26(2)34(37(38(48)49)50-39(4,5)6)36(35)46-17-14-40(7,8)15-18-46;1-25-19-32(41)12-11-30(25)21-45-16-13-28-20-29(9-10-31(28)22-45)35-33(23-47-27(3)42-24-43-47)44-26(2)34(37(38(48)49)50-39(4,5)6)36(35)46-17-14-40(7,8)15-18-46/h3*9-12,19-20,24,37H,13-18,21-23H2,1-8H3,(H,48,49)/t3*37-/m000/s1. The number of ether oxygens (including phenoxy) is 3. The number of hydrogen-bond acceptors (Lipinski definition) is 21. The Balaban J connectivity index is 0.000000160. The lowest BCUT2D eigenvalue weighted by Gasteiger charge is -2.41. The van der Waals surface area contributed by atoms with Gasteiger partial charge in [-0.15, -0.1) is 10.2 Å².